The Morgan fingerprint density at radius 2 is 2.05 bits per heavy atom. The van der Waals surface area contributed by atoms with E-state index in [1.165, 1.54) is 24.0 Å². The lowest BCUT2D eigenvalue weighted by Crippen LogP contribution is -2.29. The standard InChI is InChI=1S/C18H21NO3/c1-12(2)19-18(20)17-9-8-16(22-17)11-21-15-7-6-13-4-3-5-14(13)10-15/h6-10,12H,3-5,11H2,1-2H3,(H,19,20). The number of aryl methyl sites for hydroxylation is 2. The molecular weight excluding hydrogens is 278 g/mol. The molecule has 1 aromatic heterocycles. The van der Waals surface area contributed by atoms with Crippen LogP contribution in [0.25, 0.3) is 0 Å². The molecule has 1 aliphatic rings. The third-order valence-electron chi connectivity index (χ3n) is 3.76. The molecule has 4 nitrogen and oxygen atoms in total. The van der Waals surface area contributed by atoms with Gasteiger partial charge in [0.2, 0.25) is 0 Å². The number of fused-ring (bicyclic) bond motifs is 1. The highest BCUT2D eigenvalue weighted by molar-refractivity contribution is 5.91. The van der Waals surface area contributed by atoms with Gasteiger partial charge in [0.25, 0.3) is 5.91 Å². The molecule has 0 fully saturated rings. The summed E-state index contributed by atoms with van der Waals surface area (Å²) >= 11 is 0. The summed E-state index contributed by atoms with van der Waals surface area (Å²) in [5.41, 5.74) is 2.81. The van der Waals surface area contributed by atoms with E-state index in [0.29, 0.717) is 18.1 Å². The highest BCUT2D eigenvalue weighted by atomic mass is 16.5. The third-order valence-corrected chi connectivity index (χ3v) is 3.76. The fraction of sp³-hybridized carbons (Fsp3) is 0.389. The van der Waals surface area contributed by atoms with Crippen LogP contribution in [0, 0.1) is 0 Å². The summed E-state index contributed by atoms with van der Waals surface area (Å²) < 4.78 is 11.3. The van der Waals surface area contributed by atoms with Gasteiger partial charge >= 0.3 is 0 Å². The molecule has 0 bridgehead atoms. The van der Waals surface area contributed by atoms with Gasteiger partial charge in [0.1, 0.15) is 18.1 Å². The Hall–Kier alpha value is -2.23. The molecule has 0 saturated heterocycles. The Morgan fingerprint density at radius 3 is 2.86 bits per heavy atom. The second-order valence-corrected chi connectivity index (χ2v) is 5.97. The lowest BCUT2D eigenvalue weighted by Gasteiger charge is -2.07. The average molecular weight is 299 g/mol. The van der Waals surface area contributed by atoms with Crippen molar-refractivity contribution in [1.82, 2.24) is 5.32 Å². The Morgan fingerprint density at radius 1 is 1.23 bits per heavy atom. The highest BCUT2D eigenvalue weighted by Crippen LogP contribution is 2.26. The van der Waals surface area contributed by atoms with Crippen LogP contribution in [0.1, 0.15) is 47.7 Å². The highest BCUT2D eigenvalue weighted by Gasteiger charge is 2.13. The van der Waals surface area contributed by atoms with Crippen molar-refractivity contribution in [3.63, 3.8) is 0 Å². The van der Waals surface area contributed by atoms with Crippen LogP contribution in [0.15, 0.2) is 34.7 Å². The third kappa shape index (κ3) is 3.32. The van der Waals surface area contributed by atoms with Crippen molar-refractivity contribution < 1.29 is 13.9 Å². The first-order chi connectivity index (χ1) is 10.6. The molecule has 0 unspecified atom stereocenters. The maximum atomic E-state index is 11.8. The number of hydrogen-bond donors (Lipinski definition) is 1. The number of nitrogens with one attached hydrogen (secondary N) is 1. The summed E-state index contributed by atoms with van der Waals surface area (Å²) in [6.45, 7) is 4.16. The van der Waals surface area contributed by atoms with Crippen molar-refractivity contribution in [3.8, 4) is 5.75 Å². The number of carbonyl (C=O) groups is 1. The molecule has 1 aromatic carbocycles. The van der Waals surface area contributed by atoms with Crippen molar-refractivity contribution in [1.29, 1.82) is 0 Å². The maximum absolute atomic E-state index is 11.8. The van der Waals surface area contributed by atoms with E-state index in [1.54, 1.807) is 12.1 Å². The van der Waals surface area contributed by atoms with E-state index in [1.807, 2.05) is 19.9 Å². The van der Waals surface area contributed by atoms with Crippen LogP contribution in [-0.4, -0.2) is 11.9 Å². The number of benzene rings is 1. The molecule has 1 aliphatic carbocycles. The normalized spacial score (nSPS) is 13.2. The molecule has 0 radical (unpaired) electrons. The fourth-order valence-corrected chi connectivity index (χ4v) is 2.70. The minimum atomic E-state index is -0.196. The van der Waals surface area contributed by atoms with E-state index in [2.05, 4.69) is 17.4 Å². The first-order valence-electron chi connectivity index (χ1n) is 7.76. The van der Waals surface area contributed by atoms with Gasteiger partial charge in [-0.15, -0.1) is 0 Å². The summed E-state index contributed by atoms with van der Waals surface area (Å²) in [4.78, 5) is 11.8. The summed E-state index contributed by atoms with van der Waals surface area (Å²) in [5, 5.41) is 2.80. The zero-order valence-corrected chi connectivity index (χ0v) is 13.0. The van der Waals surface area contributed by atoms with Crippen LogP contribution >= 0.6 is 0 Å². The van der Waals surface area contributed by atoms with E-state index in [9.17, 15) is 4.79 Å². The Kier molecular flexibility index (Phi) is 4.18. The van der Waals surface area contributed by atoms with Crippen molar-refractivity contribution in [2.45, 2.75) is 45.8 Å². The molecule has 1 N–H and O–H groups in total. The van der Waals surface area contributed by atoms with E-state index >= 15 is 0 Å². The Labute approximate surface area is 130 Å². The van der Waals surface area contributed by atoms with Crippen molar-refractivity contribution >= 4 is 5.91 Å². The summed E-state index contributed by atoms with van der Waals surface area (Å²) in [7, 11) is 0. The predicted molar refractivity (Wildman–Crippen MR) is 84.1 cm³/mol. The molecule has 1 amide bonds. The number of carbonyl (C=O) groups excluding carboxylic acids is 1. The average Bonchev–Trinajstić information content (AvgIpc) is 3.13. The van der Waals surface area contributed by atoms with Gasteiger partial charge in [-0.05, 0) is 68.5 Å². The summed E-state index contributed by atoms with van der Waals surface area (Å²) in [5.74, 6) is 1.62. The zero-order valence-electron chi connectivity index (χ0n) is 13.0. The van der Waals surface area contributed by atoms with Crippen LogP contribution < -0.4 is 10.1 Å². The van der Waals surface area contributed by atoms with Crippen molar-refractivity contribution in [2.24, 2.45) is 0 Å². The lowest BCUT2D eigenvalue weighted by molar-refractivity contribution is 0.0911. The first kappa shape index (κ1) is 14.7. The molecule has 2 aromatic rings. The monoisotopic (exact) mass is 299 g/mol. The van der Waals surface area contributed by atoms with Gasteiger partial charge in [-0.1, -0.05) is 6.07 Å². The molecule has 0 saturated carbocycles. The van der Waals surface area contributed by atoms with Gasteiger partial charge in [-0.3, -0.25) is 4.79 Å². The van der Waals surface area contributed by atoms with Crippen LogP contribution in [0.4, 0.5) is 0 Å². The van der Waals surface area contributed by atoms with Gasteiger partial charge in [0, 0.05) is 6.04 Å². The molecule has 0 atom stereocenters. The quantitative estimate of drug-likeness (QED) is 0.919. The topological polar surface area (TPSA) is 51.5 Å². The SMILES string of the molecule is CC(C)NC(=O)c1ccc(COc2ccc3c(c2)CCC3)o1. The molecule has 0 aliphatic heterocycles. The molecule has 22 heavy (non-hydrogen) atoms. The first-order valence-corrected chi connectivity index (χ1v) is 7.76. The van der Waals surface area contributed by atoms with Crippen LogP contribution in [-0.2, 0) is 19.4 Å². The van der Waals surface area contributed by atoms with Crippen LogP contribution in [0.3, 0.4) is 0 Å². The Balaban J connectivity index is 1.60. The van der Waals surface area contributed by atoms with Crippen LogP contribution in [0.2, 0.25) is 0 Å². The maximum Gasteiger partial charge on any atom is 0.287 e. The lowest BCUT2D eigenvalue weighted by atomic mass is 10.1. The number of amides is 1. The summed E-state index contributed by atoms with van der Waals surface area (Å²) in [6.07, 6.45) is 3.53. The van der Waals surface area contributed by atoms with Gasteiger partial charge in [-0.2, -0.15) is 0 Å². The second kappa shape index (κ2) is 6.26. The number of furan rings is 1. The molecule has 4 heteroatoms. The smallest absolute Gasteiger partial charge is 0.287 e. The molecule has 1 heterocycles. The molecular formula is C18H21NO3. The van der Waals surface area contributed by atoms with Gasteiger partial charge < -0.3 is 14.5 Å². The van der Waals surface area contributed by atoms with Crippen molar-refractivity contribution in [3.05, 3.63) is 53.0 Å². The molecule has 0 spiro atoms. The van der Waals surface area contributed by atoms with Gasteiger partial charge in [0.15, 0.2) is 5.76 Å². The van der Waals surface area contributed by atoms with Gasteiger partial charge in [-0.25, -0.2) is 0 Å². The van der Waals surface area contributed by atoms with E-state index in [0.717, 1.165) is 12.2 Å². The van der Waals surface area contributed by atoms with E-state index < -0.39 is 0 Å². The van der Waals surface area contributed by atoms with E-state index in [4.69, 9.17) is 9.15 Å². The van der Waals surface area contributed by atoms with Gasteiger partial charge in [0.05, 0.1) is 0 Å². The molecule has 3 rings (SSSR count). The number of rotatable bonds is 5. The number of ether oxygens (including phenoxy) is 1. The van der Waals surface area contributed by atoms with Crippen molar-refractivity contribution in [2.75, 3.05) is 0 Å². The Bertz CT molecular complexity index is 673. The second-order valence-electron chi connectivity index (χ2n) is 5.97. The zero-order chi connectivity index (χ0) is 15.5. The number of hydrogen-bond acceptors (Lipinski definition) is 3. The molecule has 116 valence electrons. The summed E-state index contributed by atoms with van der Waals surface area (Å²) in [6, 6.07) is 9.80. The minimum absolute atomic E-state index is 0.0868. The largest absolute Gasteiger partial charge is 0.486 e. The predicted octanol–water partition coefficient (Wildman–Crippen LogP) is 3.49. The minimum Gasteiger partial charge on any atom is -0.486 e. The van der Waals surface area contributed by atoms with E-state index in [-0.39, 0.29) is 11.9 Å². The van der Waals surface area contributed by atoms with Crippen LogP contribution in [0.5, 0.6) is 5.75 Å². The fourth-order valence-electron chi connectivity index (χ4n) is 2.70.